The van der Waals surface area contributed by atoms with E-state index in [1.54, 1.807) is 23.2 Å². The lowest BCUT2D eigenvalue weighted by atomic mass is 10.1. The summed E-state index contributed by atoms with van der Waals surface area (Å²) in [7, 11) is 0. The number of amides is 3. The van der Waals surface area contributed by atoms with Gasteiger partial charge in [-0.2, -0.15) is 0 Å². The molecule has 8 heteroatoms. The molecule has 148 valence electrons. The summed E-state index contributed by atoms with van der Waals surface area (Å²) < 4.78 is 5.59. The Morgan fingerprint density at radius 3 is 2.83 bits per heavy atom. The number of benzene rings is 1. The van der Waals surface area contributed by atoms with Crippen molar-refractivity contribution in [2.75, 3.05) is 18.4 Å². The molecule has 0 radical (unpaired) electrons. The number of carbonyl (C=O) groups excluding carboxylic acids is 3. The Morgan fingerprint density at radius 1 is 1.21 bits per heavy atom. The van der Waals surface area contributed by atoms with E-state index < -0.39 is 0 Å². The number of nitrogens with zero attached hydrogens (tertiary/aromatic N) is 2. The van der Waals surface area contributed by atoms with Gasteiger partial charge in [0.2, 0.25) is 11.8 Å². The van der Waals surface area contributed by atoms with Gasteiger partial charge in [-0.05, 0) is 23.8 Å². The second-order valence-electron chi connectivity index (χ2n) is 6.91. The third-order valence-electron chi connectivity index (χ3n) is 4.79. The van der Waals surface area contributed by atoms with Crippen LogP contribution < -0.4 is 10.6 Å². The Morgan fingerprint density at radius 2 is 2.03 bits per heavy atom. The summed E-state index contributed by atoms with van der Waals surface area (Å²) in [4.78, 5) is 41.9. The van der Waals surface area contributed by atoms with Crippen LogP contribution in [-0.4, -0.2) is 40.7 Å². The predicted molar refractivity (Wildman–Crippen MR) is 106 cm³/mol. The molecule has 2 aromatic heterocycles. The summed E-state index contributed by atoms with van der Waals surface area (Å²) in [5, 5.41) is 6.17. The van der Waals surface area contributed by atoms with Crippen LogP contribution in [0.5, 0.6) is 0 Å². The van der Waals surface area contributed by atoms with Gasteiger partial charge in [0.05, 0.1) is 18.4 Å². The SMILES string of the molecule is CC(=O)NCC(=O)N1CCc2ncc(NC(=O)c3cc4ccccc4o3)cc2C1. The van der Waals surface area contributed by atoms with Crippen molar-refractivity contribution < 1.29 is 18.8 Å². The highest BCUT2D eigenvalue weighted by Crippen LogP contribution is 2.23. The summed E-state index contributed by atoms with van der Waals surface area (Å²) in [6.07, 6.45) is 2.23. The molecule has 1 aliphatic rings. The van der Waals surface area contributed by atoms with E-state index in [4.69, 9.17) is 4.42 Å². The zero-order valence-electron chi connectivity index (χ0n) is 15.9. The van der Waals surface area contributed by atoms with Crippen LogP contribution >= 0.6 is 0 Å². The number of pyridine rings is 1. The smallest absolute Gasteiger partial charge is 0.291 e. The minimum absolute atomic E-state index is 0.0272. The first-order valence-corrected chi connectivity index (χ1v) is 9.29. The predicted octanol–water partition coefficient (Wildman–Crippen LogP) is 2.10. The van der Waals surface area contributed by atoms with Crippen molar-refractivity contribution in [2.45, 2.75) is 19.9 Å². The van der Waals surface area contributed by atoms with Gasteiger partial charge in [0.25, 0.3) is 5.91 Å². The Hall–Kier alpha value is -3.68. The average Bonchev–Trinajstić information content (AvgIpc) is 3.16. The van der Waals surface area contributed by atoms with Crippen molar-refractivity contribution in [1.82, 2.24) is 15.2 Å². The number of anilines is 1. The molecule has 1 aliphatic heterocycles. The molecule has 3 heterocycles. The van der Waals surface area contributed by atoms with Gasteiger partial charge >= 0.3 is 0 Å². The van der Waals surface area contributed by atoms with E-state index in [2.05, 4.69) is 15.6 Å². The molecule has 0 fully saturated rings. The first-order valence-electron chi connectivity index (χ1n) is 9.29. The molecule has 3 amide bonds. The molecule has 8 nitrogen and oxygen atoms in total. The minimum Gasteiger partial charge on any atom is -0.451 e. The lowest BCUT2D eigenvalue weighted by Gasteiger charge is -2.28. The van der Waals surface area contributed by atoms with Crippen LogP contribution in [0.2, 0.25) is 0 Å². The molecular formula is C21H20N4O4. The molecule has 0 atom stereocenters. The highest BCUT2D eigenvalue weighted by molar-refractivity contribution is 6.04. The van der Waals surface area contributed by atoms with Crippen LogP contribution in [-0.2, 0) is 22.6 Å². The fraction of sp³-hybridized carbons (Fsp3) is 0.238. The van der Waals surface area contributed by atoms with Gasteiger partial charge in [-0.25, -0.2) is 0 Å². The summed E-state index contributed by atoms with van der Waals surface area (Å²) >= 11 is 0. The Balaban J connectivity index is 1.46. The molecular weight excluding hydrogens is 372 g/mol. The van der Waals surface area contributed by atoms with Gasteiger partial charge in [-0.15, -0.1) is 0 Å². The van der Waals surface area contributed by atoms with Gasteiger partial charge in [-0.3, -0.25) is 19.4 Å². The van der Waals surface area contributed by atoms with Gasteiger partial charge in [0, 0.05) is 37.5 Å². The number of hydrogen-bond donors (Lipinski definition) is 2. The molecule has 29 heavy (non-hydrogen) atoms. The van der Waals surface area contributed by atoms with Gasteiger partial charge in [0.1, 0.15) is 5.58 Å². The molecule has 0 saturated heterocycles. The molecule has 0 unspecified atom stereocenters. The largest absolute Gasteiger partial charge is 0.451 e. The molecule has 0 aliphatic carbocycles. The first-order chi connectivity index (χ1) is 14.0. The van der Waals surface area contributed by atoms with Crippen molar-refractivity contribution in [1.29, 1.82) is 0 Å². The molecule has 0 spiro atoms. The van der Waals surface area contributed by atoms with Gasteiger partial charge in [0.15, 0.2) is 5.76 Å². The number of hydrogen-bond acceptors (Lipinski definition) is 5. The normalized spacial score (nSPS) is 13.1. The number of furan rings is 1. The van der Waals surface area contributed by atoms with E-state index in [9.17, 15) is 14.4 Å². The van der Waals surface area contributed by atoms with E-state index in [1.165, 1.54) is 6.92 Å². The van der Waals surface area contributed by atoms with Crippen molar-refractivity contribution in [2.24, 2.45) is 0 Å². The van der Waals surface area contributed by atoms with Crippen molar-refractivity contribution in [3.05, 3.63) is 59.6 Å². The molecule has 1 aromatic carbocycles. The second kappa shape index (κ2) is 7.75. The summed E-state index contributed by atoms with van der Waals surface area (Å²) in [5.74, 6) is -0.538. The molecule has 0 saturated carbocycles. The summed E-state index contributed by atoms with van der Waals surface area (Å²) in [6, 6.07) is 10.9. The van der Waals surface area contributed by atoms with E-state index in [0.717, 1.165) is 16.6 Å². The second-order valence-corrected chi connectivity index (χ2v) is 6.91. The first kappa shape index (κ1) is 18.7. The van der Waals surface area contributed by atoms with Crippen molar-refractivity contribution in [3.63, 3.8) is 0 Å². The lowest BCUT2D eigenvalue weighted by Crippen LogP contribution is -2.42. The van der Waals surface area contributed by atoms with Crippen molar-refractivity contribution in [3.8, 4) is 0 Å². The van der Waals surface area contributed by atoms with E-state index in [-0.39, 0.29) is 30.0 Å². The van der Waals surface area contributed by atoms with E-state index >= 15 is 0 Å². The Bertz CT molecular complexity index is 1070. The number of fused-ring (bicyclic) bond motifs is 2. The summed E-state index contributed by atoms with van der Waals surface area (Å²) in [5.41, 5.74) is 2.95. The monoisotopic (exact) mass is 392 g/mol. The highest BCUT2D eigenvalue weighted by atomic mass is 16.3. The number of rotatable bonds is 4. The maximum atomic E-state index is 12.5. The molecule has 2 N–H and O–H groups in total. The summed E-state index contributed by atoms with van der Waals surface area (Å²) in [6.45, 7) is 2.28. The zero-order valence-corrected chi connectivity index (χ0v) is 15.9. The van der Waals surface area contributed by atoms with Crippen LogP contribution in [0.4, 0.5) is 5.69 Å². The maximum absolute atomic E-state index is 12.5. The topological polar surface area (TPSA) is 105 Å². The van der Waals surface area contributed by atoms with Crippen molar-refractivity contribution >= 4 is 34.4 Å². The third kappa shape index (κ3) is 4.11. The third-order valence-corrected chi connectivity index (χ3v) is 4.79. The number of aromatic nitrogens is 1. The Kier molecular flexibility index (Phi) is 4.99. The van der Waals surface area contributed by atoms with Crippen LogP contribution in [0.25, 0.3) is 11.0 Å². The van der Waals surface area contributed by atoms with Crippen LogP contribution in [0, 0.1) is 0 Å². The fourth-order valence-corrected chi connectivity index (χ4v) is 3.31. The quantitative estimate of drug-likeness (QED) is 0.708. The molecule has 3 aromatic rings. The van der Waals surface area contributed by atoms with E-state index in [0.29, 0.717) is 30.8 Å². The fourth-order valence-electron chi connectivity index (χ4n) is 3.31. The number of nitrogens with one attached hydrogen (secondary N) is 2. The van der Waals surface area contributed by atoms with Gasteiger partial charge < -0.3 is 20.0 Å². The Labute approximate surface area is 166 Å². The molecule has 0 bridgehead atoms. The van der Waals surface area contributed by atoms with Crippen LogP contribution in [0.1, 0.15) is 28.7 Å². The van der Waals surface area contributed by atoms with Crippen LogP contribution in [0.3, 0.4) is 0 Å². The van der Waals surface area contributed by atoms with Gasteiger partial charge in [-0.1, -0.05) is 18.2 Å². The minimum atomic E-state index is -0.364. The average molecular weight is 392 g/mol. The highest BCUT2D eigenvalue weighted by Gasteiger charge is 2.22. The lowest BCUT2D eigenvalue weighted by molar-refractivity contribution is -0.133. The van der Waals surface area contributed by atoms with Crippen LogP contribution in [0.15, 0.2) is 47.0 Å². The van der Waals surface area contributed by atoms with E-state index in [1.807, 2.05) is 24.3 Å². The number of carbonyl (C=O) groups is 3. The standard InChI is InChI=1S/C21H20N4O4/c1-13(26)22-11-20(27)25-7-6-17-15(12-25)8-16(10-23-17)24-21(28)19-9-14-4-2-3-5-18(14)29-19/h2-5,8-10H,6-7,11-12H2,1H3,(H,22,26)(H,24,28). The maximum Gasteiger partial charge on any atom is 0.291 e. The molecule has 4 rings (SSSR count). The zero-order chi connectivity index (χ0) is 20.4. The number of para-hydroxylation sites is 1.